The predicted octanol–water partition coefficient (Wildman–Crippen LogP) is 4.30. The largest absolute Gasteiger partial charge is 0.297 e. The number of amides is 1. The molecule has 24 heavy (non-hydrogen) atoms. The van der Waals surface area contributed by atoms with Crippen LogP contribution >= 0.6 is 11.6 Å². The minimum Gasteiger partial charge on any atom is -0.297 e. The van der Waals surface area contributed by atoms with Crippen LogP contribution in [0.2, 0.25) is 5.02 Å². The number of hydrazine groups is 1. The minimum absolute atomic E-state index is 0.304. The molecule has 0 fully saturated rings. The van der Waals surface area contributed by atoms with E-state index in [1.807, 2.05) is 36.4 Å². The number of aromatic nitrogens is 1. The lowest BCUT2D eigenvalue weighted by molar-refractivity contribution is 0.0962. The van der Waals surface area contributed by atoms with E-state index in [-0.39, 0.29) is 5.91 Å². The fourth-order valence-electron chi connectivity index (χ4n) is 2.11. The van der Waals surface area contributed by atoms with Crippen molar-refractivity contribution in [1.29, 1.82) is 0 Å². The first-order valence-corrected chi connectivity index (χ1v) is 7.53. The van der Waals surface area contributed by atoms with Gasteiger partial charge >= 0.3 is 0 Å². The second kappa shape index (κ2) is 7.10. The van der Waals surface area contributed by atoms with Crippen LogP contribution in [0, 0.1) is 5.95 Å². The molecule has 3 aromatic rings. The van der Waals surface area contributed by atoms with Crippen molar-refractivity contribution < 1.29 is 9.18 Å². The predicted molar refractivity (Wildman–Crippen MR) is 92.2 cm³/mol. The van der Waals surface area contributed by atoms with Crippen molar-refractivity contribution in [2.75, 3.05) is 5.43 Å². The summed E-state index contributed by atoms with van der Waals surface area (Å²) in [6, 6.07) is 17.3. The smallest absolute Gasteiger partial charge is 0.269 e. The van der Waals surface area contributed by atoms with Gasteiger partial charge < -0.3 is 0 Å². The molecule has 0 bridgehead atoms. The van der Waals surface area contributed by atoms with Crippen LogP contribution in [0.1, 0.15) is 10.4 Å². The average molecular weight is 342 g/mol. The third kappa shape index (κ3) is 3.88. The molecule has 6 heteroatoms. The first-order chi connectivity index (χ1) is 11.6. The lowest BCUT2D eigenvalue weighted by atomic mass is 10.0. The van der Waals surface area contributed by atoms with Gasteiger partial charge in [0.25, 0.3) is 5.91 Å². The van der Waals surface area contributed by atoms with Crippen LogP contribution in [0.4, 0.5) is 10.1 Å². The molecule has 1 amide bonds. The molecule has 0 aliphatic carbocycles. The fraction of sp³-hybridized carbons (Fsp3) is 0. The standard InChI is InChI=1S/C18H13ClFN3O/c19-15-7-5-13(6-8-15)12-1-3-14(4-2-12)18(24)23-22-16-9-10-17(20)21-11-16/h1-11,22H,(H,23,24). The highest BCUT2D eigenvalue weighted by atomic mass is 35.5. The molecule has 0 saturated heterocycles. The van der Waals surface area contributed by atoms with Gasteiger partial charge in [0.1, 0.15) is 0 Å². The first-order valence-electron chi connectivity index (χ1n) is 7.16. The summed E-state index contributed by atoms with van der Waals surface area (Å²) in [6.45, 7) is 0. The average Bonchev–Trinajstić information content (AvgIpc) is 2.62. The maximum Gasteiger partial charge on any atom is 0.269 e. The van der Waals surface area contributed by atoms with E-state index >= 15 is 0 Å². The molecule has 2 aromatic carbocycles. The Bertz CT molecular complexity index is 834. The first kappa shape index (κ1) is 16.0. The second-order valence-corrected chi connectivity index (χ2v) is 5.47. The number of nitrogens with zero attached hydrogens (tertiary/aromatic N) is 1. The minimum atomic E-state index is -0.579. The molecule has 1 heterocycles. The van der Waals surface area contributed by atoms with Gasteiger partial charge in [-0.2, -0.15) is 4.39 Å². The van der Waals surface area contributed by atoms with Crippen molar-refractivity contribution in [2.45, 2.75) is 0 Å². The van der Waals surface area contributed by atoms with Gasteiger partial charge in [0.05, 0.1) is 11.9 Å². The van der Waals surface area contributed by atoms with Crippen molar-refractivity contribution in [1.82, 2.24) is 10.4 Å². The summed E-state index contributed by atoms with van der Waals surface area (Å²) >= 11 is 5.87. The number of carbonyl (C=O) groups excluding carboxylic acids is 1. The molecule has 0 atom stereocenters. The summed E-state index contributed by atoms with van der Waals surface area (Å²) in [5.74, 6) is -0.883. The van der Waals surface area contributed by atoms with Crippen molar-refractivity contribution >= 4 is 23.2 Å². The van der Waals surface area contributed by atoms with Gasteiger partial charge in [-0.25, -0.2) is 4.98 Å². The monoisotopic (exact) mass is 341 g/mol. The van der Waals surface area contributed by atoms with Crippen LogP contribution in [0.15, 0.2) is 66.9 Å². The van der Waals surface area contributed by atoms with Crippen LogP contribution in [0.3, 0.4) is 0 Å². The highest BCUT2D eigenvalue weighted by molar-refractivity contribution is 6.30. The van der Waals surface area contributed by atoms with Crippen LogP contribution in [0.25, 0.3) is 11.1 Å². The van der Waals surface area contributed by atoms with Crippen molar-refractivity contribution in [3.05, 3.63) is 83.4 Å². The maximum absolute atomic E-state index is 12.7. The van der Waals surface area contributed by atoms with E-state index < -0.39 is 5.95 Å². The van der Waals surface area contributed by atoms with E-state index in [1.54, 1.807) is 12.1 Å². The van der Waals surface area contributed by atoms with E-state index in [9.17, 15) is 9.18 Å². The number of pyridine rings is 1. The van der Waals surface area contributed by atoms with E-state index in [2.05, 4.69) is 15.8 Å². The maximum atomic E-state index is 12.7. The van der Waals surface area contributed by atoms with Crippen molar-refractivity contribution in [3.63, 3.8) is 0 Å². The molecule has 3 rings (SSSR count). The van der Waals surface area contributed by atoms with Crippen LogP contribution in [-0.4, -0.2) is 10.9 Å². The number of hydrogen-bond donors (Lipinski definition) is 2. The molecule has 0 spiro atoms. The fourth-order valence-corrected chi connectivity index (χ4v) is 2.23. The Morgan fingerprint density at radius 2 is 1.54 bits per heavy atom. The molecule has 120 valence electrons. The Kier molecular flexibility index (Phi) is 4.72. The molecular formula is C18H13ClFN3O. The summed E-state index contributed by atoms with van der Waals surface area (Å²) in [5.41, 5.74) is 8.20. The number of nitrogens with one attached hydrogen (secondary N) is 2. The molecule has 0 saturated carbocycles. The van der Waals surface area contributed by atoms with Crippen LogP contribution < -0.4 is 10.9 Å². The third-order valence-corrected chi connectivity index (χ3v) is 3.62. The van der Waals surface area contributed by atoms with E-state index in [4.69, 9.17) is 11.6 Å². The topological polar surface area (TPSA) is 54.0 Å². The number of hydrogen-bond acceptors (Lipinski definition) is 3. The Morgan fingerprint density at radius 3 is 2.12 bits per heavy atom. The number of anilines is 1. The van der Waals surface area contributed by atoms with E-state index in [1.165, 1.54) is 18.3 Å². The number of carbonyl (C=O) groups is 1. The summed E-state index contributed by atoms with van der Waals surface area (Å²) in [6.07, 6.45) is 1.29. The zero-order chi connectivity index (χ0) is 16.9. The normalized spacial score (nSPS) is 10.2. The van der Waals surface area contributed by atoms with Gasteiger partial charge in [-0.3, -0.25) is 15.6 Å². The highest BCUT2D eigenvalue weighted by Crippen LogP contribution is 2.21. The molecule has 0 radical (unpaired) electrons. The molecule has 1 aromatic heterocycles. The zero-order valence-electron chi connectivity index (χ0n) is 12.5. The summed E-state index contributed by atoms with van der Waals surface area (Å²) in [7, 11) is 0. The molecule has 2 N–H and O–H groups in total. The molecule has 0 aliphatic heterocycles. The lowest BCUT2D eigenvalue weighted by Crippen LogP contribution is -2.29. The lowest BCUT2D eigenvalue weighted by Gasteiger charge is -2.09. The Morgan fingerprint density at radius 1 is 0.917 bits per heavy atom. The van der Waals surface area contributed by atoms with Gasteiger partial charge in [-0.1, -0.05) is 35.9 Å². The summed E-state index contributed by atoms with van der Waals surface area (Å²) in [4.78, 5) is 15.6. The molecule has 0 aliphatic rings. The van der Waals surface area contributed by atoms with Gasteiger partial charge in [-0.15, -0.1) is 0 Å². The van der Waals surface area contributed by atoms with Crippen LogP contribution in [-0.2, 0) is 0 Å². The summed E-state index contributed by atoms with van der Waals surface area (Å²) in [5, 5.41) is 0.677. The van der Waals surface area contributed by atoms with Gasteiger partial charge in [0.15, 0.2) is 0 Å². The van der Waals surface area contributed by atoms with Gasteiger partial charge in [0.2, 0.25) is 5.95 Å². The number of halogens is 2. The summed E-state index contributed by atoms with van der Waals surface area (Å²) < 4.78 is 12.7. The third-order valence-electron chi connectivity index (χ3n) is 3.37. The number of benzene rings is 2. The van der Waals surface area contributed by atoms with E-state index in [0.29, 0.717) is 16.3 Å². The van der Waals surface area contributed by atoms with Crippen molar-refractivity contribution in [2.24, 2.45) is 0 Å². The Balaban J connectivity index is 1.65. The SMILES string of the molecule is O=C(NNc1ccc(F)nc1)c1ccc(-c2ccc(Cl)cc2)cc1. The van der Waals surface area contributed by atoms with Gasteiger partial charge in [0, 0.05) is 10.6 Å². The molecule has 0 unspecified atom stereocenters. The molecular weight excluding hydrogens is 329 g/mol. The second-order valence-electron chi connectivity index (χ2n) is 5.03. The Labute approximate surface area is 143 Å². The Hall–Kier alpha value is -2.92. The highest BCUT2D eigenvalue weighted by Gasteiger charge is 2.06. The quantitative estimate of drug-likeness (QED) is 0.549. The van der Waals surface area contributed by atoms with E-state index in [0.717, 1.165) is 11.1 Å². The van der Waals surface area contributed by atoms with Gasteiger partial charge in [-0.05, 0) is 47.5 Å². The number of rotatable bonds is 4. The van der Waals surface area contributed by atoms with Crippen LogP contribution in [0.5, 0.6) is 0 Å². The molecule has 4 nitrogen and oxygen atoms in total. The van der Waals surface area contributed by atoms with Crippen molar-refractivity contribution in [3.8, 4) is 11.1 Å². The zero-order valence-corrected chi connectivity index (χ0v) is 13.2.